The van der Waals surface area contributed by atoms with Gasteiger partial charge >= 0.3 is 41.1 Å². The summed E-state index contributed by atoms with van der Waals surface area (Å²) in [7, 11) is 1.57. The van der Waals surface area contributed by atoms with Crippen LogP contribution in [0.1, 0.15) is 101 Å². The SMILES string of the molecule is CCC(CC)N(CCN(C)C(=O)OCC(=O)O)Cc1cccc(C(=O)Nc2sc3c(c2C(=O)Nc2ccc(CCc4ccc(C(=O)O)cc4)cc2)CCCC3)c1.[H-].[H-].[Mg+2]. The van der Waals surface area contributed by atoms with Crippen molar-refractivity contribution in [3.63, 3.8) is 0 Å². The molecule has 57 heavy (non-hydrogen) atoms. The number of ether oxygens (including phenoxy) is 1. The fourth-order valence-corrected chi connectivity index (χ4v) is 8.25. The van der Waals surface area contributed by atoms with Crippen molar-refractivity contribution in [1.82, 2.24) is 9.80 Å². The van der Waals surface area contributed by atoms with Gasteiger partial charge in [0.05, 0.1) is 11.1 Å². The predicted molar refractivity (Wildman–Crippen MR) is 225 cm³/mol. The van der Waals surface area contributed by atoms with E-state index in [-0.39, 0.29) is 49.3 Å². The van der Waals surface area contributed by atoms with E-state index in [4.69, 9.17) is 14.9 Å². The fraction of sp³-hybridized carbons (Fsp3) is 0.372. The van der Waals surface area contributed by atoms with Gasteiger partial charge in [-0.15, -0.1) is 11.3 Å². The van der Waals surface area contributed by atoms with Crippen LogP contribution in [0, 0.1) is 0 Å². The van der Waals surface area contributed by atoms with Gasteiger partial charge in [0.15, 0.2) is 6.61 Å². The van der Waals surface area contributed by atoms with Crippen molar-refractivity contribution in [2.75, 3.05) is 37.4 Å². The first kappa shape index (κ1) is 44.9. The van der Waals surface area contributed by atoms with Gasteiger partial charge in [0.1, 0.15) is 5.00 Å². The molecule has 0 bridgehead atoms. The summed E-state index contributed by atoms with van der Waals surface area (Å²) in [5.41, 5.74) is 5.92. The van der Waals surface area contributed by atoms with E-state index in [1.807, 2.05) is 54.6 Å². The van der Waals surface area contributed by atoms with Crippen LogP contribution in [0.2, 0.25) is 0 Å². The molecule has 0 unspecified atom stereocenters. The van der Waals surface area contributed by atoms with Crippen LogP contribution in [-0.4, -0.2) is 106 Å². The predicted octanol–water partition coefficient (Wildman–Crippen LogP) is 7.60. The van der Waals surface area contributed by atoms with Crippen LogP contribution in [0.5, 0.6) is 0 Å². The number of amides is 3. The fourth-order valence-electron chi connectivity index (χ4n) is 6.97. The van der Waals surface area contributed by atoms with Crippen molar-refractivity contribution < 1.29 is 41.8 Å². The van der Waals surface area contributed by atoms with Crippen LogP contribution >= 0.6 is 11.3 Å². The van der Waals surface area contributed by atoms with Crippen molar-refractivity contribution in [2.45, 2.75) is 77.8 Å². The summed E-state index contributed by atoms with van der Waals surface area (Å²) in [5.74, 6) is -2.74. The number of anilines is 2. The first-order valence-electron chi connectivity index (χ1n) is 19.1. The maximum atomic E-state index is 13.9. The van der Waals surface area contributed by atoms with Crippen molar-refractivity contribution in [3.8, 4) is 0 Å². The van der Waals surface area contributed by atoms with Crippen LogP contribution in [0.3, 0.4) is 0 Å². The molecule has 4 N–H and O–H groups in total. The number of aliphatic carboxylic acids is 1. The van der Waals surface area contributed by atoms with Gasteiger partial charge in [-0.2, -0.15) is 0 Å². The number of aryl methyl sites for hydroxylation is 3. The number of hydrogen-bond donors (Lipinski definition) is 4. The number of carbonyl (C=O) groups excluding carboxylic acids is 3. The number of aromatic carboxylic acids is 1. The third-order valence-electron chi connectivity index (χ3n) is 10.1. The zero-order chi connectivity index (χ0) is 40.2. The van der Waals surface area contributed by atoms with E-state index in [1.54, 1.807) is 25.2 Å². The third-order valence-corrected chi connectivity index (χ3v) is 11.3. The molecule has 3 aromatic carbocycles. The van der Waals surface area contributed by atoms with Gasteiger partial charge in [-0.3, -0.25) is 14.5 Å². The summed E-state index contributed by atoms with van der Waals surface area (Å²) in [4.78, 5) is 66.7. The molecule has 0 atom stereocenters. The van der Waals surface area contributed by atoms with E-state index in [2.05, 4.69) is 29.4 Å². The molecule has 3 amide bonds. The Bertz CT molecular complexity index is 2030. The summed E-state index contributed by atoms with van der Waals surface area (Å²) >= 11 is 1.47. The van der Waals surface area contributed by atoms with Gasteiger partial charge in [0, 0.05) is 48.9 Å². The monoisotopic (exact) mass is 808 g/mol. The molecule has 1 aliphatic carbocycles. The summed E-state index contributed by atoms with van der Waals surface area (Å²) in [5, 5.41) is 24.6. The Morgan fingerprint density at radius 2 is 1.46 bits per heavy atom. The van der Waals surface area contributed by atoms with Crippen molar-refractivity contribution in [3.05, 3.63) is 117 Å². The van der Waals surface area contributed by atoms with E-state index in [0.29, 0.717) is 41.4 Å². The van der Waals surface area contributed by atoms with E-state index in [1.165, 1.54) is 16.2 Å². The Morgan fingerprint density at radius 3 is 2.09 bits per heavy atom. The largest absolute Gasteiger partial charge is 2.00 e. The average molecular weight is 809 g/mol. The van der Waals surface area contributed by atoms with E-state index in [9.17, 15) is 24.0 Å². The molecule has 0 aliphatic heterocycles. The number of rotatable bonds is 18. The standard InChI is InChI=1S/C43H50N4O8S.Mg.2H/c1-4-34(5-2)47(24-23-46(3)43(54)55-27-37(48)49)26-30-9-8-10-32(25-30)39(50)45-41-38(35-11-6-7-12-36(35)56-41)40(51)44-33-21-17-29(18-22-33)14-13-28-15-19-31(20-16-28)42(52)53;;;/h8-10,15-22,25,34H,4-7,11-14,23-24,26-27H2,1-3H3,(H,44,51)(H,45,50)(H,48,49)(H,52,53);;;/q;+2;2*-1. The Kier molecular flexibility index (Phi) is 17.1. The van der Waals surface area contributed by atoms with Gasteiger partial charge in [-0.25, -0.2) is 14.4 Å². The summed E-state index contributed by atoms with van der Waals surface area (Å²) in [6.45, 7) is 4.90. The molecule has 1 aromatic heterocycles. The van der Waals surface area contributed by atoms with Gasteiger partial charge in [-0.05, 0) is 110 Å². The minimum absolute atomic E-state index is 0. The van der Waals surface area contributed by atoms with Crippen LogP contribution < -0.4 is 10.6 Å². The van der Waals surface area contributed by atoms with Crippen molar-refractivity contribution >= 4 is 74.9 Å². The van der Waals surface area contributed by atoms with Gasteiger partial charge < -0.3 is 33.3 Å². The molecule has 1 heterocycles. The smallest absolute Gasteiger partial charge is 1.00 e. The first-order chi connectivity index (χ1) is 26.9. The topological polar surface area (TPSA) is 166 Å². The zero-order valence-corrected chi connectivity index (χ0v) is 35.1. The van der Waals surface area contributed by atoms with Crippen LogP contribution in [-0.2, 0) is 41.8 Å². The second-order valence-corrected chi connectivity index (χ2v) is 15.1. The normalized spacial score (nSPS) is 12.0. The van der Waals surface area contributed by atoms with Crippen LogP contribution in [0.15, 0.2) is 72.8 Å². The minimum Gasteiger partial charge on any atom is -1.00 e. The summed E-state index contributed by atoms with van der Waals surface area (Å²) in [6, 6.07) is 22.2. The average Bonchev–Trinajstić information content (AvgIpc) is 3.57. The van der Waals surface area contributed by atoms with Gasteiger partial charge in [-0.1, -0.05) is 50.2 Å². The molecule has 300 valence electrons. The number of nitrogens with zero attached hydrogens (tertiary/aromatic N) is 2. The molecule has 12 nitrogen and oxygen atoms in total. The molecular weight excluding hydrogens is 757 g/mol. The molecule has 0 spiro atoms. The summed E-state index contributed by atoms with van der Waals surface area (Å²) < 4.78 is 4.82. The Balaban J connectivity index is 0.00000400. The maximum absolute atomic E-state index is 13.9. The first-order valence-corrected chi connectivity index (χ1v) is 19.9. The van der Waals surface area contributed by atoms with E-state index < -0.39 is 24.6 Å². The number of likely N-dealkylation sites (N-methyl/N-ethyl adjacent to an activating group) is 1. The number of benzene rings is 3. The number of carboxylic acids is 2. The molecule has 0 saturated heterocycles. The molecule has 0 fully saturated rings. The molecule has 1 aliphatic rings. The number of carboxylic acid groups (broad SMARTS) is 2. The summed E-state index contributed by atoms with van der Waals surface area (Å²) in [6.07, 6.45) is 6.21. The molecule has 0 saturated carbocycles. The van der Waals surface area contributed by atoms with Crippen molar-refractivity contribution in [2.24, 2.45) is 0 Å². The Labute approximate surface area is 356 Å². The number of nitrogens with one attached hydrogen (secondary N) is 2. The number of fused-ring (bicyclic) bond motifs is 1. The van der Waals surface area contributed by atoms with Gasteiger partial charge in [0.25, 0.3) is 11.8 Å². The number of carbonyl (C=O) groups is 5. The zero-order valence-electron chi connectivity index (χ0n) is 34.8. The van der Waals surface area contributed by atoms with Crippen molar-refractivity contribution in [1.29, 1.82) is 0 Å². The maximum Gasteiger partial charge on any atom is 2.00 e. The third kappa shape index (κ3) is 12.6. The molecule has 4 aromatic rings. The second kappa shape index (κ2) is 21.7. The molecule has 0 radical (unpaired) electrons. The Morgan fingerprint density at radius 1 is 0.807 bits per heavy atom. The van der Waals surface area contributed by atoms with Crippen LogP contribution in [0.25, 0.3) is 0 Å². The minimum atomic E-state index is -1.22. The van der Waals surface area contributed by atoms with Gasteiger partial charge in [0.2, 0.25) is 0 Å². The quantitative estimate of drug-likeness (QED) is 0.0741. The number of thiophene rings is 1. The van der Waals surface area contributed by atoms with E-state index >= 15 is 0 Å². The molecule has 5 rings (SSSR count). The molecule has 14 heteroatoms. The Hall–Kier alpha value is -4.76. The van der Waals surface area contributed by atoms with Crippen LogP contribution in [0.4, 0.5) is 15.5 Å². The van der Waals surface area contributed by atoms with E-state index in [0.717, 1.165) is 78.5 Å². The number of hydrogen-bond acceptors (Lipinski definition) is 8. The second-order valence-electron chi connectivity index (χ2n) is 14.0. The molecular formula is C43H52MgN4O8S.